The maximum atomic E-state index is 11.2. The van der Waals surface area contributed by atoms with Gasteiger partial charge >= 0.3 is 15.4 Å². The predicted molar refractivity (Wildman–Crippen MR) is 53.7 cm³/mol. The molecule has 0 aliphatic heterocycles. The van der Waals surface area contributed by atoms with Crippen LogP contribution in [0.3, 0.4) is 0 Å². The fourth-order valence-electron chi connectivity index (χ4n) is 0.522. The molecule has 0 fully saturated rings. The van der Waals surface area contributed by atoms with Gasteiger partial charge in [-0.05, 0) is 0 Å². The Kier molecular flexibility index (Phi) is 6.21. The summed E-state index contributed by atoms with van der Waals surface area (Å²) in [6, 6.07) is 0. The molecule has 2 unspecified atom stereocenters. The van der Waals surface area contributed by atoms with Crippen LogP contribution >= 0.6 is 15.4 Å². The lowest BCUT2D eigenvalue weighted by Crippen LogP contribution is -2.07. The predicted octanol–water partition coefficient (Wildman–Crippen LogP) is 1.36. The van der Waals surface area contributed by atoms with E-state index in [1.54, 1.807) is 0 Å². The summed E-state index contributed by atoms with van der Waals surface area (Å²) in [5.74, 6) is 0. The second-order valence-electron chi connectivity index (χ2n) is 2.98. The fourth-order valence-corrected chi connectivity index (χ4v) is 1.57. The number of rotatable bonds is 7. The minimum atomic E-state index is -4.03. The lowest BCUT2D eigenvalue weighted by atomic mass is 10.6. The molecule has 0 aliphatic carbocycles. The van der Waals surface area contributed by atoms with Crippen molar-refractivity contribution in [2.24, 2.45) is 0 Å². The highest BCUT2D eigenvalue weighted by molar-refractivity contribution is 7.53. The molecular weight excluding hydrogens is 246 g/mol. The summed E-state index contributed by atoms with van der Waals surface area (Å²) in [6.07, 6.45) is 0. The first-order chi connectivity index (χ1) is 6.71. The standard InChI is InChI=1S/C6H16O7P2/c1-6(2)14(7,8)12-4-5-13-15(9,10)11-3/h6H,4-5H2,1-3H3,(H,7,8)(H,9,10). The first-order valence-electron chi connectivity index (χ1n) is 4.21. The molecule has 7 nitrogen and oxygen atoms in total. The quantitative estimate of drug-likeness (QED) is 0.527. The van der Waals surface area contributed by atoms with Crippen LogP contribution in [0, 0.1) is 0 Å². The summed E-state index contributed by atoms with van der Waals surface area (Å²) in [6.45, 7) is 2.53. The van der Waals surface area contributed by atoms with Gasteiger partial charge in [-0.25, -0.2) is 4.57 Å². The smallest absolute Gasteiger partial charge is 0.324 e. The summed E-state index contributed by atoms with van der Waals surface area (Å²) in [4.78, 5) is 18.0. The zero-order valence-corrected chi connectivity index (χ0v) is 10.6. The molecule has 2 N–H and O–H groups in total. The van der Waals surface area contributed by atoms with Gasteiger partial charge in [0.1, 0.15) is 0 Å². The molecule has 0 aromatic heterocycles. The summed E-state index contributed by atoms with van der Waals surface area (Å²) >= 11 is 0. The average Bonchev–Trinajstić information content (AvgIpc) is 2.12. The average molecular weight is 262 g/mol. The van der Waals surface area contributed by atoms with E-state index in [0.29, 0.717) is 0 Å². The van der Waals surface area contributed by atoms with Gasteiger partial charge in [-0.1, -0.05) is 13.8 Å². The van der Waals surface area contributed by atoms with Crippen LogP contribution in [0.4, 0.5) is 0 Å². The Morgan fingerprint density at radius 3 is 2.00 bits per heavy atom. The Hall–Kier alpha value is 0.260. The van der Waals surface area contributed by atoms with Crippen molar-refractivity contribution in [3.05, 3.63) is 0 Å². The van der Waals surface area contributed by atoms with E-state index >= 15 is 0 Å². The van der Waals surface area contributed by atoms with Gasteiger partial charge in [0.15, 0.2) is 0 Å². The molecule has 0 bridgehead atoms. The van der Waals surface area contributed by atoms with E-state index in [9.17, 15) is 14.0 Å². The lowest BCUT2D eigenvalue weighted by molar-refractivity contribution is 0.138. The van der Waals surface area contributed by atoms with Crippen molar-refractivity contribution in [3.63, 3.8) is 0 Å². The topological polar surface area (TPSA) is 102 Å². The Morgan fingerprint density at radius 2 is 1.60 bits per heavy atom. The van der Waals surface area contributed by atoms with E-state index in [2.05, 4.69) is 13.6 Å². The molecule has 2 atom stereocenters. The molecule has 0 radical (unpaired) electrons. The van der Waals surface area contributed by atoms with Crippen LogP contribution in [0.2, 0.25) is 0 Å². The second-order valence-corrected chi connectivity index (χ2v) is 6.96. The van der Waals surface area contributed by atoms with E-state index in [1.165, 1.54) is 13.8 Å². The van der Waals surface area contributed by atoms with Crippen LogP contribution in [0.25, 0.3) is 0 Å². The zero-order chi connectivity index (χ0) is 12.1. The highest BCUT2D eigenvalue weighted by atomic mass is 31.2. The Labute approximate surface area is 88.5 Å². The SMILES string of the molecule is COP(=O)(O)OCCOP(=O)(O)C(C)C. The molecule has 0 amide bonds. The molecule has 0 rings (SSSR count). The van der Waals surface area contributed by atoms with Gasteiger partial charge in [0.05, 0.1) is 18.9 Å². The number of phosphoric ester groups is 1. The van der Waals surface area contributed by atoms with E-state index in [0.717, 1.165) is 7.11 Å². The molecule has 0 spiro atoms. The second kappa shape index (κ2) is 6.11. The van der Waals surface area contributed by atoms with E-state index in [1.807, 2.05) is 0 Å². The van der Waals surface area contributed by atoms with Crippen LogP contribution in [-0.2, 0) is 22.7 Å². The van der Waals surface area contributed by atoms with Gasteiger partial charge in [0, 0.05) is 7.11 Å². The molecule has 0 aromatic rings. The molecule has 92 valence electrons. The van der Waals surface area contributed by atoms with Gasteiger partial charge in [-0.2, -0.15) is 0 Å². The molecule has 9 heteroatoms. The highest BCUT2D eigenvalue weighted by Gasteiger charge is 2.25. The van der Waals surface area contributed by atoms with Crippen LogP contribution in [0.15, 0.2) is 0 Å². The highest BCUT2D eigenvalue weighted by Crippen LogP contribution is 2.47. The van der Waals surface area contributed by atoms with Crippen molar-refractivity contribution in [2.45, 2.75) is 19.5 Å². The third-order valence-corrected chi connectivity index (χ3v) is 4.33. The van der Waals surface area contributed by atoms with Crippen molar-refractivity contribution in [3.8, 4) is 0 Å². The molecule has 0 aliphatic rings. The molecule has 0 heterocycles. The van der Waals surface area contributed by atoms with Crippen LogP contribution in [0.5, 0.6) is 0 Å². The van der Waals surface area contributed by atoms with Crippen LogP contribution < -0.4 is 0 Å². The summed E-state index contributed by atoms with van der Waals surface area (Å²) in [5.41, 5.74) is -0.527. The third kappa shape index (κ3) is 6.43. The van der Waals surface area contributed by atoms with Crippen molar-refractivity contribution in [1.29, 1.82) is 0 Å². The largest absolute Gasteiger partial charge is 0.471 e. The molecular formula is C6H16O7P2. The number of hydrogen-bond acceptors (Lipinski definition) is 5. The summed E-state index contributed by atoms with van der Waals surface area (Å²) in [7, 11) is -6.66. The first kappa shape index (κ1) is 15.3. The van der Waals surface area contributed by atoms with E-state index < -0.39 is 21.1 Å². The fraction of sp³-hybridized carbons (Fsp3) is 1.00. The first-order valence-corrected chi connectivity index (χ1v) is 7.35. The van der Waals surface area contributed by atoms with E-state index in [-0.39, 0.29) is 13.2 Å². The van der Waals surface area contributed by atoms with Gasteiger partial charge in [-0.3, -0.25) is 13.6 Å². The van der Waals surface area contributed by atoms with Crippen LogP contribution in [0.1, 0.15) is 13.8 Å². The van der Waals surface area contributed by atoms with Crippen molar-refractivity contribution >= 4 is 15.4 Å². The number of hydrogen-bond donors (Lipinski definition) is 2. The Balaban J connectivity index is 3.83. The normalized spacial score (nSPS) is 19.9. The minimum absolute atomic E-state index is 0.250. The van der Waals surface area contributed by atoms with Crippen LogP contribution in [-0.4, -0.2) is 35.8 Å². The van der Waals surface area contributed by atoms with Crippen molar-refractivity contribution in [2.75, 3.05) is 20.3 Å². The van der Waals surface area contributed by atoms with Gasteiger partial charge in [0.2, 0.25) is 0 Å². The van der Waals surface area contributed by atoms with Gasteiger partial charge < -0.3 is 14.3 Å². The Morgan fingerprint density at radius 1 is 1.13 bits per heavy atom. The zero-order valence-electron chi connectivity index (χ0n) is 8.82. The minimum Gasteiger partial charge on any atom is -0.324 e. The summed E-state index contributed by atoms with van der Waals surface area (Å²) < 4.78 is 35.1. The maximum Gasteiger partial charge on any atom is 0.471 e. The monoisotopic (exact) mass is 262 g/mol. The molecule has 15 heavy (non-hydrogen) atoms. The van der Waals surface area contributed by atoms with Crippen molar-refractivity contribution in [1.82, 2.24) is 0 Å². The molecule has 0 aromatic carbocycles. The van der Waals surface area contributed by atoms with Gasteiger partial charge in [0.25, 0.3) is 0 Å². The van der Waals surface area contributed by atoms with Gasteiger partial charge in [-0.15, -0.1) is 0 Å². The summed E-state index contributed by atoms with van der Waals surface area (Å²) in [5, 5.41) is 0. The van der Waals surface area contributed by atoms with Crippen molar-refractivity contribution < 1.29 is 32.5 Å². The number of phosphoric acid groups is 1. The molecule has 0 saturated heterocycles. The molecule has 0 saturated carbocycles. The Bertz CT molecular complexity index is 277. The van der Waals surface area contributed by atoms with E-state index in [4.69, 9.17) is 4.89 Å². The maximum absolute atomic E-state index is 11.2. The third-order valence-electron chi connectivity index (χ3n) is 1.50. The lowest BCUT2D eigenvalue weighted by Gasteiger charge is -2.15.